The smallest absolute Gasteiger partial charge is 0.0847 e. The van der Waals surface area contributed by atoms with Crippen molar-refractivity contribution in [2.24, 2.45) is 5.41 Å². The van der Waals surface area contributed by atoms with E-state index >= 15 is 0 Å². The SMILES string of the molecule is C#CC1(C(C)(C)C)CCCN1. The number of hydrogen-bond acceptors (Lipinski definition) is 1. The molecular weight excluding hydrogens is 134 g/mol. The van der Waals surface area contributed by atoms with Crippen molar-refractivity contribution in [1.29, 1.82) is 0 Å². The lowest BCUT2D eigenvalue weighted by Gasteiger charge is -2.37. The van der Waals surface area contributed by atoms with Crippen molar-refractivity contribution in [2.45, 2.75) is 39.2 Å². The van der Waals surface area contributed by atoms with E-state index in [1.165, 1.54) is 6.42 Å². The Bertz CT molecular complexity index is 174. The second-order valence-electron chi connectivity index (χ2n) is 4.33. The Hall–Kier alpha value is -0.480. The van der Waals surface area contributed by atoms with Gasteiger partial charge in [0.05, 0.1) is 5.54 Å². The molecule has 1 N–H and O–H groups in total. The molecule has 1 heteroatoms. The number of nitrogens with one attached hydrogen (secondary N) is 1. The third kappa shape index (κ3) is 1.28. The van der Waals surface area contributed by atoms with Crippen LogP contribution < -0.4 is 5.32 Å². The molecule has 1 rings (SSSR count). The molecular formula is C10H17N. The molecule has 0 aromatic rings. The number of hydrogen-bond donors (Lipinski definition) is 1. The lowest BCUT2D eigenvalue weighted by atomic mass is 9.73. The fourth-order valence-electron chi connectivity index (χ4n) is 1.72. The molecule has 1 nitrogen and oxygen atoms in total. The molecule has 1 aliphatic heterocycles. The van der Waals surface area contributed by atoms with Gasteiger partial charge in [-0.15, -0.1) is 6.42 Å². The number of terminal acetylenes is 1. The van der Waals surface area contributed by atoms with E-state index < -0.39 is 0 Å². The van der Waals surface area contributed by atoms with Gasteiger partial charge in [0.1, 0.15) is 0 Å². The van der Waals surface area contributed by atoms with Crippen molar-refractivity contribution in [3.05, 3.63) is 0 Å². The molecule has 0 radical (unpaired) electrons. The Morgan fingerprint density at radius 2 is 2.09 bits per heavy atom. The summed E-state index contributed by atoms with van der Waals surface area (Å²) >= 11 is 0. The first-order valence-electron chi connectivity index (χ1n) is 4.25. The van der Waals surface area contributed by atoms with Crippen LogP contribution in [-0.2, 0) is 0 Å². The minimum Gasteiger partial charge on any atom is -0.301 e. The molecule has 0 bridgehead atoms. The van der Waals surface area contributed by atoms with Crippen molar-refractivity contribution in [1.82, 2.24) is 5.32 Å². The highest BCUT2D eigenvalue weighted by Crippen LogP contribution is 2.36. The summed E-state index contributed by atoms with van der Waals surface area (Å²) in [6.07, 6.45) is 7.87. The predicted octanol–water partition coefficient (Wildman–Crippen LogP) is 1.79. The van der Waals surface area contributed by atoms with Gasteiger partial charge in [-0.3, -0.25) is 0 Å². The largest absolute Gasteiger partial charge is 0.301 e. The van der Waals surface area contributed by atoms with Crippen LogP contribution >= 0.6 is 0 Å². The molecule has 1 saturated heterocycles. The molecule has 0 aromatic carbocycles. The summed E-state index contributed by atoms with van der Waals surface area (Å²) in [7, 11) is 0. The third-order valence-electron chi connectivity index (χ3n) is 2.68. The quantitative estimate of drug-likeness (QED) is 0.520. The Morgan fingerprint density at radius 3 is 2.27 bits per heavy atom. The van der Waals surface area contributed by atoms with E-state index in [2.05, 4.69) is 32.0 Å². The highest BCUT2D eigenvalue weighted by molar-refractivity contribution is 5.20. The molecule has 1 heterocycles. The van der Waals surface area contributed by atoms with Crippen molar-refractivity contribution in [2.75, 3.05) is 6.54 Å². The first-order valence-corrected chi connectivity index (χ1v) is 4.25. The zero-order valence-corrected chi connectivity index (χ0v) is 7.70. The molecule has 1 unspecified atom stereocenters. The zero-order chi connectivity index (χ0) is 8.54. The summed E-state index contributed by atoms with van der Waals surface area (Å²) in [4.78, 5) is 0. The summed E-state index contributed by atoms with van der Waals surface area (Å²) in [6.45, 7) is 7.67. The van der Waals surface area contributed by atoms with Crippen molar-refractivity contribution in [3.8, 4) is 12.3 Å². The van der Waals surface area contributed by atoms with Crippen LogP contribution in [0, 0.1) is 17.8 Å². The Morgan fingerprint density at radius 1 is 1.45 bits per heavy atom. The van der Waals surface area contributed by atoms with Crippen molar-refractivity contribution < 1.29 is 0 Å². The lowest BCUT2D eigenvalue weighted by Crippen LogP contribution is -2.49. The summed E-state index contributed by atoms with van der Waals surface area (Å²) in [5, 5.41) is 3.42. The summed E-state index contributed by atoms with van der Waals surface area (Å²) in [5.74, 6) is 2.91. The summed E-state index contributed by atoms with van der Waals surface area (Å²) in [5.41, 5.74) is 0.130. The Balaban J connectivity index is 2.86. The van der Waals surface area contributed by atoms with Crippen molar-refractivity contribution in [3.63, 3.8) is 0 Å². The van der Waals surface area contributed by atoms with E-state index in [1.54, 1.807) is 0 Å². The van der Waals surface area contributed by atoms with Gasteiger partial charge in [-0.05, 0) is 24.8 Å². The molecule has 0 aliphatic carbocycles. The molecule has 1 aliphatic rings. The lowest BCUT2D eigenvalue weighted by molar-refractivity contribution is 0.225. The van der Waals surface area contributed by atoms with Gasteiger partial charge in [-0.2, -0.15) is 0 Å². The van der Waals surface area contributed by atoms with Crippen LogP contribution in [0.4, 0.5) is 0 Å². The van der Waals surface area contributed by atoms with Gasteiger partial charge in [0.15, 0.2) is 0 Å². The average molecular weight is 151 g/mol. The first kappa shape index (κ1) is 8.62. The second kappa shape index (κ2) is 2.53. The molecule has 62 valence electrons. The molecule has 0 spiro atoms. The maximum atomic E-state index is 5.54. The van der Waals surface area contributed by atoms with Gasteiger partial charge in [-0.1, -0.05) is 26.7 Å². The van der Waals surface area contributed by atoms with Crippen LogP contribution in [0.3, 0.4) is 0 Å². The van der Waals surface area contributed by atoms with Crippen molar-refractivity contribution >= 4 is 0 Å². The summed E-state index contributed by atoms with van der Waals surface area (Å²) in [6, 6.07) is 0. The van der Waals surface area contributed by atoms with E-state index in [0.717, 1.165) is 13.0 Å². The third-order valence-corrected chi connectivity index (χ3v) is 2.68. The summed E-state index contributed by atoms with van der Waals surface area (Å²) < 4.78 is 0. The highest BCUT2D eigenvalue weighted by atomic mass is 15.0. The molecule has 11 heavy (non-hydrogen) atoms. The van der Waals surface area contributed by atoms with E-state index in [0.29, 0.717) is 0 Å². The minimum absolute atomic E-state index is 0.0486. The second-order valence-corrected chi connectivity index (χ2v) is 4.33. The van der Waals surface area contributed by atoms with Gasteiger partial charge in [0, 0.05) is 0 Å². The van der Waals surface area contributed by atoms with Crippen LogP contribution in [0.2, 0.25) is 0 Å². The van der Waals surface area contributed by atoms with Crippen LogP contribution in [0.1, 0.15) is 33.6 Å². The fraction of sp³-hybridized carbons (Fsp3) is 0.800. The predicted molar refractivity (Wildman–Crippen MR) is 48.3 cm³/mol. The van der Waals surface area contributed by atoms with E-state index in [1.807, 2.05) is 0 Å². The zero-order valence-electron chi connectivity index (χ0n) is 7.70. The normalized spacial score (nSPS) is 31.8. The molecule has 1 atom stereocenters. The Labute approximate surface area is 69.6 Å². The topological polar surface area (TPSA) is 12.0 Å². The van der Waals surface area contributed by atoms with Crippen LogP contribution in [0.5, 0.6) is 0 Å². The van der Waals surface area contributed by atoms with Gasteiger partial charge >= 0.3 is 0 Å². The fourth-order valence-corrected chi connectivity index (χ4v) is 1.72. The van der Waals surface area contributed by atoms with E-state index in [-0.39, 0.29) is 11.0 Å². The van der Waals surface area contributed by atoms with Gasteiger partial charge in [-0.25, -0.2) is 0 Å². The molecule has 0 aromatic heterocycles. The van der Waals surface area contributed by atoms with Gasteiger partial charge in [0.25, 0.3) is 0 Å². The van der Waals surface area contributed by atoms with Crippen LogP contribution in [-0.4, -0.2) is 12.1 Å². The van der Waals surface area contributed by atoms with Crippen LogP contribution in [0.25, 0.3) is 0 Å². The van der Waals surface area contributed by atoms with Crippen LogP contribution in [0.15, 0.2) is 0 Å². The maximum Gasteiger partial charge on any atom is 0.0847 e. The molecule has 1 fully saturated rings. The first-order chi connectivity index (χ1) is 5.02. The average Bonchev–Trinajstić information content (AvgIpc) is 2.33. The van der Waals surface area contributed by atoms with Gasteiger partial charge < -0.3 is 5.32 Å². The Kier molecular flexibility index (Phi) is 1.98. The monoisotopic (exact) mass is 151 g/mol. The highest BCUT2D eigenvalue weighted by Gasteiger charge is 2.42. The maximum absolute atomic E-state index is 5.54. The minimum atomic E-state index is -0.0486. The van der Waals surface area contributed by atoms with Gasteiger partial charge in [0.2, 0.25) is 0 Å². The van der Waals surface area contributed by atoms with E-state index in [4.69, 9.17) is 6.42 Å². The molecule has 0 saturated carbocycles. The van der Waals surface area contributed by atoms with E-state index in [9.17, 15) is 0 Å². The number of rotatable bonds is 0. The molecule has 0 amide bonds. The standard InChI is InChI=1S/C10H17N/c1-5-10(9(2,3)4)7-6-8-11-10/h1,11H,6-8H2,2-4H3.